The maximum Gasteiger partial charge on any atom is 0.251 e. The standard InChI is InChI=1S/C18H27N3O3/c1-23-17-12-13(2-3-16(17)19)18(22)20-14-4-8-21(9-5-14)15-6-10-24-11-7-15/h2-3,12,14-15H,4-11,19H2,1H3,(H,20,22). The Morgan fingerprint density at radius 1 is 1.25 bits per heavy atom. The molecule has 0 aromatic heterocycles. The summed E-state index contributed by atoms with van der Waals surface area (Å²) in [5, 5.41) is 3.14. The van der Waals surface area contributed by atoms with Crippen molar-refractivity contribution in [1.82, 2.24) is 10.2 Å². The number of nitrogens with one attached hydrogen (secondary N) is 1. The first-order valence-corrected chi connectivity index (χ1v) is 8.73. The number of likely N-dealkylation sites (tertiary alicyclic amines) is 1. The van der Waals surface area contributed by atoms with Gasteiger partial charge in [0.25, 0.3) is 5.91 Å². The molecule has 1 aromatic rings. The first-order chi connectivity index (χ1) is 11.7. The Labute approximate surface area is 143 Å². The van der Waals surface area contributed by atoms with Gasteiger partial charge in [0.2, 0.25) is 0 Å². The van der Waals surface area contributed by atoms with Gasteiger partial charge in [0, 0.05) is 44.0 Å². The summed E-state index contributed by atoms with van der Waals surface area (Å²) in [7, 11) is 1.55. The van der Waals surface area contributed by atoms with Crippen LogP contribution in [0.25, 0.3) is 0 Å². The fraction of sp³-hybridized carbons (Fsp3) is 0.611. The number of piperidine rings is 1. The second-order valence-electron chi connectivity index (χ2n) is 6.58. The number of methoxy groups -OCH3 is 1. The zero-order chi connectivity index (χ0) is 16.9. The SMILES string of the molecule is COc1cc(C(=O)NC2CCN(C3CCOCC3)CC2)ccc1N. The maximum atomic E-state index is 12.4. The van der Waals surface area contributed by atoms with Gasteiger partial charge in [-0.2, -0.15) is 0 Å². The molecule has 0 unspecified atom stereocenters. The van der Waals surface area contributed by atoms with Gasteiger partial charge in [-0.25, -0.2) is 0 Å². The van der Waals surface area contributed by atoms with Crippen LogP contribution in [0, 0.1) is 0 Å². The minimum atomic E-state index is -0.0576. The van der Waals surface area contributed by atoms with Gasteiger partial charge in [-0.15, -0.1) is 0 Å². The normalized spacial score (nSPS) is 20.7. The third kappa shape index (κ3) is 3.99. The highest BCUT2D eigenvalue weighted by Crippen LogP contribution is 2.23. The number of hydrogen-bond acceptors (Lipinski definition) is 5. The molecule has 2 saturated heterocycles. The molecule has 0 spiro atoms. The molecule has 0 saturated carbocycles. The quantitative estimate of drug-likeness (QED) is 0.820. The number of ether oxygens (including phenoxy) is 2. The summed E-state index contributed by atoms with van der Waals surface area (Å²) in [5.41, 5.74) is 6.93. The number of nitrogen functional groups attached to an aromatic ring is 1. The summed E-state index contributed by atoms with van der Waals surface area (Å²) in [4.78, 5) is 15.0. The third-order valence-corrected chi connectivity index (χ3v) is 5.07. The Morgan fingerprint density at radius 2 is 1.96 bits per heavy atom. The maximum absolute atomic E-state index is 12.4. The highest BCUT2D eigenvalue weighted by Gasteiger charge is 2.27. The average molecular weight is 333 g/mol. The van der Waals surface area contributed by atoms with Crippen molar-refractivity contribution in [2.45, 2.75) is 37.8 Å². The van der Waals surface area contributed by atoms with E-state index in [1.165, 1.54) is 0 Å². The van der Waals surface area contributed by atoms with E-state index in [1.807, 2.05) is 0 Å². The molecule has 0 atom stereocenters. The van der Waals surface area contributed by atoms with Crippen LogP contribution in [0.3, 0.4) is 0 Å². The van der Waals surface area contributed by atoms with Gasteiger partial charge in [-0.05, 0) is 43.9 Å². The molecular weight excluding hydrogens is 306 g/mol. The number of nitrogens with two attached hydrogens (primary N) is 1. The monoisotopic (exact) mass is 333 g/mol. The second-order valence-corrected chi connectivity index (χ2v) is 6.58. The van der Waals surface area contributed by atoms with E-state index < -0.39 is 0 Å². The van der Waals surface area contributed by atoms with Crippen LogP contribution < -0.4 is 15.8 Å². The van der Waals surface area contributed by atoms with Gasteiger partial charge in [-0.1, -0.05) is 0 Å². The molecule has 1 aromatic carbocycles. The molecule has 2 aliphatic rings. The van der Waals surface area contributed by atoms with Crippen LogP contribution in [0.5, 0.6) is 5.75 Å². The molecule has 3 N–H and O–H groups in total. The van der Waals surface area contributed by atoms with Crippen LogP contribution in [-0.2, 0) is 4.74 Å². The third-order valence-electron chi connectivity index (χ3n) is 5.07. The predicted octanol–water partition coefficient (Wildman–Crippen LogP) is 1.65. The lowest BCUT2D eigenvalue weighted by Gasteiger charge is -2.39. The van der Waals surface area contributed by atoms with Gasteiger partial charge in [0.15, 0.2) is 0 Å². The number of benzene rings is 1. The summed E-state index contributed by atoms with van der Waals surface area (Å²) in [6.07, 6.45) is 4.24. The largest absolute Gasteiger partial charge is 0.495 e. The Bertz CT molecular complexity index is 565. The molecule has 132 valence electrons. The Hall–Kier alpha value is -1.79. The van der Waals surface area contributed by atoms with Gasteiger partial charge in [0.05, 0.1) is 12.8 Å². The van der Waals surface area contributed by atoms with Crippen molar-refractivity contribution in [3.05, 3.63) is 23.8 Å². The minimum Gasteiger partial charge on any atom is -0.495 e. The second kappa shape index (κ2) is 7.85. The highest BCUT2D eigenvalue weighted by molar-refractivity contribution is 5.95. The first-order valence-electron chi connectivity index (χ1n) is 8.73. The van der Waals surface area contributed by atoms with E-state index in [-0.39, 0.29) is 11.9 Å². The molecule has 6 heteroatoms. The Morgan fingerprint density at radius 3 is 2.62 bits per heavy atom. The van der Waals surface area contributed by atoms with Crippen LogP contribution in [0.4, 0.5) is 5.69 Å². The summed E-state index contributed by atoms with van der Waals surface area (Å²) in [6.45, 7) is 3.84. The number of anilines is 1. The van der Waals surface area contributed by atoms with Crippen molar-refractivity contribution < 1.29 is 14.3 Å². The molecule has 24 heavy (non-hydrogen) atoms. The molecule has 1 amide bonds. The lowest BCUT2D eigenvalue weighted by molar-refractivity contribution is 0.0238. The lowest BCUT2D eigenvalue weighted by Crippen LogP contribution is -2.49. The first kappa shape index (κ1) is 17.0. The number of nitrogens with zero attached hydrogens (tertiary/aromatic N) is 1. The summed E-state index contributed by atoms with van der Waals surface area (Å²) >= 11 is 0. The van der Waals surface area contributed by atoms with E-state index in [2.05, 4.69) is 10.2 Å². The van der Waals surface area contributed by atoms with Crippen LogP contribution in [0.1, 0.15) is 36.0 Å². The minimum absolute atomic E-state index is 0.0576. The predicted molar refractivity (Wildman–Crippen MR) is 93.3 cm³/mol. The molecular formula is C18H27N3O3. The molecule has 2 fully saturated rings. The fourth-order valence-electron chi connectivity index (χ4n) is 3.58. The molecule has 6 nitrogen and oxygen atoms in total. The van der Waals surface area contributed by atoms with E-state index in [4.69, 9.17) is 15.2 Å². The molecule has 0 bridgehead atoms. The van der Waals surface area contributed by atoms with Crippen molar-refractivity contribution >= 4 is 11.6 Å². The van der Waals surface area contributed by atoms with Gasteiger partial charge >= 0.3 is 0 Å². The van der Waals surface area contributed by atoms with E-state index >= 15 is 0 Å². The number of hydrogen-bond donors (Lipinski definition) is 2. The highest BCUT2D eigenvalue weighted by atomic mass is 16.5. The van der Waals surface area contributed by atoms with Gasteiger partial charge < -0.3 is 25.4 Å². The van der Waals surface area contributed by atoms with Crippen LogP contribution in [0.2, 0.25) is 0 Å². The number of carbonyl (C=O) groups is 1. The van der Waals surface area contributed by atoms with Crippen LogP contribution in [0.15, 0.2) is 18.2 Å². The van der Waals surface area contributed by atoms with Gasteiger partial charge in [-0.3, -0.25) is 4.79 Å². The van der Waals surface area contributed by atoms with E-state index in [0.717, 1.165) is 52.0 Å². The number of rotatable bonds is 4. The van der Waals surface area contributed by atoms with E-state index in [0.29, 0.717) is 23.0 Å². The van der Waals surface area contributed by atoms with Crippen molar-refractivity contribution in [2.75, 3.05) is 39.1 Å². The topological polar surface area (TPSA) is 76.8 Å². The summed E-state index contributed by atoms with van der Waals surface area (Å²) in [5.74, 6) is 0.481. The molecule has 0 radical (unpaired) electrons. The van der Waals surface area contributed by atoms with Crippen molar-refractivity contribution in [2.24, 2.45) is 0 Å². The number of amides is 1. The summed E-state index contributed by atoms with van der Waals surface area (Å²) < 4.78 is 10.6. The average Bonchev–Trinajstić information content (AvgIpc) is 2.63. The smallest absolute Gasteiger partial charge is 0.251 e. The Balaban J connectivity index is 1.51. The molecule has 2 aliphatic heterocycles. The van der Waals surface area contributed by atoms with E-state index in [1.54, 1.807) is 25.3 Å². The van der Waals surface area contributed by atoms with Crippen molar-refractivity contribution in [1.29, 1.82) is 0 Å². The zero-order valence-corrected chi connectivity index (χ0v) is 14.3. The van der Waals surface area contributed by atoms with Gasteiger partial charge in [0.1, 0.15) is 5.75 Å². The Kier molecular flexibility index (Phi) is 5.58. The van der Waals surface area contributed by atoms with Crippen molar-refractivity contribution in [3.63, 3.8) is 0 Å². The van der Waals surface area contributed by atoms with Crippen LogP contribution in [-0.4, -0.2) is 56.3 Å². The zero-order valence-electron chi connectivity index (χ0n) is 14.3. The summed E-state index contributed by atoms with van der Waals surface area (Å²) in [6, 6.07) is 6.03. The lowest BCUT2D eigenvalue weighted by atomic mass is 9.99. The van der Waals surface area contributed by atoms with Crippen LogP contribution >= 0.6 is 0 Å². The van der Waals surface area contributed by atoms with E-state index in [9.17, 15) is 4.79 Å². The molecule has 3 rings (SSSR count). The van der Waals surface area contributed by atoms with Crippen molar-refractivity contribution in [3.8, 4) is 5.75 Å². The number of carbonyl (C=O) groups excluding carboxylic acids is 1. The molecule has 0 aliphatic carbocycles. The fourth-order valence-corrected chi connectivity index (χ4v) is 3.58. The molecule has 2 heterocycles.